The molecule has 0 heterocycles. The van der Waals surface area contributed by atoms with Gasteiger partial charge in [0.2, 0.25) is 5.91 Å². The van der Waals surface area contributed by atoms with Gasteiger partial charge in [0, 0.05) is 18.3 Å². The highest BCUT2D eigenvalue weighted by atomic mass is 35.5. The molecular formula is C8H14ClNO. The van der Waals surface area contributed by atoms with Crippen LogP contribution >= 0.6 is 11.6 Å². The Kier molecular flexibility index (Phi) is 3.18. The summed E-state index contributed by atoms with van der Waals surface area (Å²) in [5.74, 6) is 1.64. The third-order valence-electron chi connectivity index (χ3n) is 2.18. The summed E-state index contributed by atoms with van der Waals surface area (Å²) in [7, 11) is 0. The first-order valence-electron chi connectivity index (χ1n) is 4.13. The molecule has 1 amide bonds. The van der Waals surface area contributed by atoms with Crippen LogP contribution in [0.2, 0.25) is 0 Å². The zero-order valence-corrected chi connectivity index (χ0v) is 7.53. The van der Waals surface area contributed by atoms with Crippen LogP contribution < -0.4 is 5.32 Å². The smallest absolute Gasteiger partial charge is 0.223 e. The Hall–Kier alpha value is -0.240. The fourth-order valence-corrected chi connectivity index (χ4v) is 1.42. The number of halogens is 1. The Morgan fingerprint density at radius 2 is 2.45 bits per heavy atom. The van der Waals surface area contributed by atoms with E-state index in [0.29, 0.717) is 24.3 Å². The van der Waals surface area contributed by atoms with E-state index < -0.39 is 0 Å². The fraction of sp³-hybridized carbons (Fsp3) is 0.875. The Morgan fingerprint density at radius 1 is 1.73 bits per heavy atom. The van der Waals surface area contributed by atoms with Crippen molar-refractivity contribution in [1.29, 1.82) is 0 Å². The Balaban J connectivity index is 2.12. The molecule has 0 aliphatic heterocycles. The minimum Gasteiger partial charge on any atom is -0.355 e. The van der Waals surface area contributed by atoms with Gasteiger partial charge in [0.25, 0.3) is 0 Å². The van der Waals surface area contributed by atoms with E-state index in [1.54, 1.807) is 0 Å². The molecule has 3 heteroatoms. The Labute approximate surface area is 72.3 Å². The second-order valence-electron chi connectivity index (χ2n) is 2.99. The molecule has 0 spiro atoms. The molecule has 0 aromatic carbocycles. The second kappa shape index (κ2) is 3.96. The summed E-state index contributed by atoms with van der Waals surface area (Å²) in [6, 6.07) is 0. The van der Waals surface area contributed by atoms with Crippen molar-refractivity contribution in [3.63, 3.8) is 0 Å². The molecule has 11 heavy (non-hydrogen) atoms. The first kappa shape index (κ1) is 8.85. The third-order valence-corrected chi connectivity index (χ3v) is 2.37. The molecule has 0 radical (unpaired) electrons. The Bertz CT molecular complexity index is 149. The van der Waals surface area contributed by atoms with Crippen LogP contribution in [0, 0.1) is 11.8 Å². The third kappa shape index (κ3) is 2.37. The maximum atomic E-state index is 11.2. The average molecular weight is 176 g/mol. The van der Waals surface area contributed by atoms with Gasteiger partial charge in [-0.15, -0.1) is 11.6 Å². The second-order valence-corrected chi connectivity index (χ2v) is 3.37. The summed E-state index contributed by atoms with van der Waals surface area (Å²) in [6.45, 7) is 2.73. The van der Waals surface area contributed by atoms with Gasteiger partial charge >= 0.3 is 0 Å². The lowest BCUT2D eigenvalue weighted by molar-refractivity contribution is -0.122. The van der Waals surface area contributed by atoms with Crippen molar-refractivity contribution in [2.24, 2.45) is 11.8 Å². The number of amides is 1. The van der Waals surface area contributed by atoms with Crippen LogP contribution in [-0.4, -0.2) is 18.3 Å². The molecular weight excluding hydrogens is 162 g/mol. The molecule has 1 rings (SSSR count). The lowest BCUT2D eigenvalue weighted by Crippen LogP contribution is -2.27. The molecule has 2 unspecified atom stereocenters. The van der Waals surface area contributed by atoms with Crippen LogP contribution in [-0.2, 0) is 4.79 Å². The summed E-state index contributed by atoms with van der Waals surface area (Å²) < 4.78 is 0. The van der Waals surface area contributed by atoms with Gasteiger partial charge in [0.05, 0.1) is 0 Å². The van der Waals surface area contributed by atoms with Gasteiger partial charge in [0.1, 0.15) is 0 Å². The summed E-state index contributed by atoms with van der Waals surface area (Å²) in [4.78, 5) is 11.2. The number of rotatable bonds is 4. The molecule has 1 aliphatic rings. The Morgan fingerprint density at radius 3 is 2.91 bits per heavy atom. The van der Waals surface area contributed by atoms with Gasteiger partial charge in [-0.05, 0) is 12.3 Å². The lowest BCUT2D eigenvalue weighted by atomic mass is 10.2. The van der Waals surface area contributed by atoms with Gasteiger partial charge < -0.3 is 5.32 Å². The molecule has 2 atom stereocenters. The predicted molar refractivity (Wildman–Crippen MR) is 45.6 cm³/mol. The van der Waals surface area contributed by atoms with Crippen molar-refractivity contribution < 1.29 is 4.79 Å². The number of carbonyl (C=O) groups excluding carboxylic acids is 1. The van der Waals surface area contributed by atoms with Gasteiger partial charge in [-0.2, -0.15) is 0 Å². The maximum absolute atomic E-state index is 11.2. The van der Waals surface area contributed by atoms with Crippen molar-refractivity contribution in [1.82, 2.24) is 5.32 Å². The van der Waals surface area contributed by atoms with E-state index >= 15 is 0 Å². The van der Waals surface area contributed by atoms with E-state index in [4.69, 9.17) is 11.6 Å². The van der Waals surface area contributed by atoms with Gasteiger partial charge in [0.15, 0.2) is 0 Å². The normalized spacial score (nSPS) is 28.2. The predicted octanol–water partition coefficient (Wildman–Crippen LogP) is 1.39. The zero-order valence-electron chi connectivity index (χ0n) is 6.77. The van der Waals surface area contributed by atoms with Crippen LogP contribution in [0.4, 0.5) is 0 Å². The monoisotopic (exact) mass is 175 g/mol. The SMILES string of the molecule is CCC1CC1C(=O)NCCCl. The van der Waals surface area contributed by atoms with E-state index in [1.807, 2.05) is 0 Å². The number of nitrogens with one attached hydrogen (secondary N) is 1. The number of hydrogen-bond acceptors (Lipinski definition) is 1. The van der Waals surface area contributed by atoms with Crippen LogP contribution in [0.25, 0.3) is 0 Å². The van der Waals surface area contributed by atoms with E-state index in [-0.39, 0.29) is 5.91 Å². The van der Waals surface area contributed by atoms with E-state index in [0.717, 1.165) is 12.8 Å². The molecule has 1 fully saturated rings. The van der Waals surface area contributed by atoms with Crippen molar-refractivity contribution >= 4 is 17.5 Å². The minimum absolute atomic E-state index is 0.192. The van der Waals surface area contributed by atoms with Crippen molar-refractivity contribution in [2.45, 2.75) is 19.8 Å². The summed E-state index contributed by atoms with van der Waals surface area (Å²) in [5, 5.41) is 2.79. The summed E-state index contributed by atoms with van der Waals surface area (Å²) in [5.41, 5.74) is 0. The van der Waals surface area contributed by atoms with Crippen LogP contribution in [0.15, 0.2) is 0 Å². The largest absolute Gasteiger partial charge is 0.355 e. The standard InChI is InChI=1S/C8H14ClNO/c1-2-6-5-7(6)8(11)10-4-3-9/h6-7H,2-5H2,1H3,(H,10,11). The van der Waals surface area contributed by atoms with Crippen molar-refractivity contribution in [3.05, 3.63) is 0 Å². The van der Waals surface area contributed by atoms with E-state index in [1.165, 1.54) is 0 Å². The molecule has 64 valence electrons. The van der Waals surface area contributed by atoms with Gasteiger partial charge in [-0.1, -0.05) is 13.3 Å². The van der Waals surface area contributed by atoms with Gasteiger partial charge in [-0.3, -0.25) is 4.79 Å². The summed E-state index contributed by atoms with van der Waals surface area (Å²) in [6.07, 6.45) is 2.20. The molecule has 1 aliphatic carbocycles. The first-order valence-corrected chi connectivity index (χ1v) is 4.66. The highest BCUT2D eigenvalue weighted by Gasteiger charge is 2.40. The summed E-state index contributed by atoms with van der Waals surface area (Å²) >= 11 is 5.43. The molecule has 1 N–H and O–H groups in total. The maximum Gasteiger partial charge on any atom is 0.223 e. The highest BCUT2D eigenvalue weighted by Crippen LogP contribution is 2.40. The quantitative estimate of drug-likeness (QED) is 0.643. The number of carbonyl (C=O) groups is 1. The molecule has 0 saturated heterocycles. The topological polar surface area (TPSA) is 29.1 Å². The van der Waals surface area contributed by atoms with Crippen LogP contribution in [0.3, 0.4) is 0 Å². The van der Waals surface area contributed by atoms with Gasteiger partial charge in [-0.25, -0.2) is 0 Å². The van der Waals surface area contributed by atoms with E-state index in [9.17, 15) is 4.79 Å². The van der Waals surface area contributed by atoms with E-state index in [2.05, 4.69) is 12.2 Å². The molecule has 2 nitrogen and oxygen atoms in total. The lowest BCUT2D eigenvalue weighted by Gasteiger charge is -2.00. The zero-order chi connectivity index (χ0) is 8.27. The number of alkyl halides is 1. The van der Waals surface area contributed by atoms with Crippen LogP contribution in [0.1, 0.15) is 19.8 Å². The molecule has 0 bridgehead atoms. The first-order chi connectivity index (χ1) is 5.29. The molecule has 1 saturated carbocycles. The molecule has 0 aromatic rings. The van der Waals surface area contributed by atoms with Crippen LogP contribution in [0.5, 0.6) is 0 Å². The van der Waals surface area contributed by atoms with Crippen molar-refractivity contribution in [3.8, 4) is 0 Å². The number of hydrogen-bond donors (Lipinski definition) is 1. The minimum atomic E-state index is 0.192. The highest BCUT2D eigenvalue weighted by molar-refractivity contribution is 6.18. The fourth-order valence-electron chi connectivity index (χ4n) is 1.32. The molecule has 0 aromatic heterocycles. The van der Waals surface area contributed by atoms with Crippen molar-refractivity contribution in [2.75, 3.05) is 12.4 Å². The average Bonchev–Trinajstić information content (AvgIpc) is 2.78.